The maximum atomic E-state index is 13.6. The number of anilines is 2. The van der Waals surface area contributed by atoms with Crippen molar-refractivity contribution in [2.24, 2.45) is 13.0 Å². The van der Waals surface area contributed by atoms with Gasteiger partial charge in [0.25, 0.3) is 5.95 Å². The molecule has 1 aliphatic carbocycles. The summed E-state index contributed by atoms with van der Waals surface area (Å²) in [5.74, 6) is 0.970. The van der Waals surface area contributed by atoms with Crippen molar-refractivity contribution in [3.05, 3.63) is 28.8 Å². The molecule has 0 bridgehead atoms. The average molecular weight is 394 g/mol. The molecule has 2 aliphatic rings. The summed E-state index contributed by atoms with van der Waals surface area (Å²) in [6.07, 6.45) is 0.875. The van der Waals surface area contributed by atoms with E-state index in [1.807, 2.05) is 0 Å². The largest absolute Gasteiger partial charge is 0.416 e. The maximum absolute atomic E-state index is 13.6. The zero-order valence-electron chi connectivity index (χ0n) is 16.1. The number of hydrogen-bond donors (Lipinski definition) is 1. The lowest BCUT2D eigenvalue weighted by Gasteiger charge is -2.34. The highest BCUT2D eigenvalue weighted by atomic mass is 19.4. The Morgan fingerprint density at radius 3 is 2.57 bits per heavy atom. The fourth-order valence-electron chi connectivity index (χ4n) is 4.16. The van der Waals surface area contributed by atoms with E-state index >= 15 is 0 Å². The zero-order chi connectivity index (χ0) is 19.9. The first kappa shape index (κ1) is 19.0. The van der Waals surface area contributed by atoms with E-state index in [1.54, 1.807) is 13.1 Å². The number of benzene rings is 1. The van der Waals surface area contributed by atoms with Crippen molar-refractivity contribution in [3.8, 4) is 0 Å². The number of nitrogens with one attached hydrogen (secondary N) is 1. The van der Waals surface area contributed by atoms with Crippen molar-refractivity contribution in [1.29, 1.82) is 0 Å². The number of aryl methyl sites for hydroxylation is 2. The lowest BCUT2D eigenvalue weighted by atomic mass is 9.85. The first-order chi connectivity index (χ1) is 13.3. The fraction of sp³-hybridized carbons (Fsp3) is 0.632. The second-order valence-electron chi connectivity index (χ2n) is 7.91. The summed E-state index contributed by atoms with van der Waals surface area (Å²) >= 11 is 0. The molecule has 0 radical (unpaired) electrons. The summed E-state index contributed by atoms with van der Waals surface area (Å²) in [5, 5.41) is 15.3. The van der Waals surface area contributed by atoms with Crippen LogP contribution in [0.1, 0.15) is 54.8 Å². The number of tetrazole rings is 1. The van der Waals surface area contributed by atoms with E-state index < -0.39 is 11.7 Å². The lowest BCUT2D eigenvalue weighted by molar-refractivity contribution is -0.138. The van der Waals surface area contributed by atoms with Crippen LogP contribution in [0.15, 0.2) is 12.1 Å². The quantitative estimate of drug-likeness (QED) is 0.846. The number of hydrogen-bond acceptors (Lipinski definition) is 5. The minimum absolute atomic E-state index is 0.147. The first-order valence-electron chi connectivity index (χ1n) is 9.78. The molecule has 9 heteroatoms. The van der Waals surface area contributed by atoms with Gasteiger partial charge in [-0.25, -0.2) is 0 Å². The third-order valence-corrected chi connectivity index (χ3v) is 5.83. The molecule has 152 valence electrons. The number of rotatable bonds is 4. The van der Waals surface area contributed by atoms with Crippen LogP contribution in [0.2, 0.25) is 0 Å². The molecule has 1 N–H and O–H groups in total. The molecule has 1 unspecified atom stereocenters. The van der Waals surface area contributed by atoms with Crippen molar-refractivity contribution in [2.75, 3.05) is 23.3 Å². The van der Waals surface area contributed by atoms with Gasteiger partial charge in [-0.1, -0.05) is 17.6 Å². The third-order valence-electron chi connectivity index (χ3n) is 5.83. The van der Waals surface area contributed by atoms with Crippen LogP contribution in [0.5, 0.6) is 0 Å². The summed E-state index contributed by atoms with van der Waals surface area (Å²) in [5.41, 5.74) is 1.26. The van der Waals surface area contributed by atoms with E-state index in [0.29, 0.717) is 17.6 Å². The Kier molecular flexibility index (Phi) is 4.93. The fourth-order valence-corrected chi connectivity index (χ4v) is 4.16. The van der Waals surface area contributed by atoms with E-state index in [2.05, 4.69) is 25.6 Å². The Balaban J connectivity index is 1.73. The molecule has 2 heterocycles. The van der Waals surface area contributed by atoms with Crippen molar-refractivity contribution in [3.63, 3.8) is 0 Å². The molecule has 1 aliphatic heterocycles. The second-order valence-corrected chi connectivity index (χ2v) is 7.91. The summed E-state index contributed by atoms with van der Waals surface area (Å²) in [6, 6.07) is 2.88. The number of aromatic nitrogens is 4. The van der Waals surface area contributed by atoms with Crippen LogP contribution in [0.4, 0.5) is 24.8 Å². The molecule has 1 aromatic heterocycles. The van der Waals surface area contributed by atoms with Crippen LogP contribution in [-0.4, -0.2) is 33.3 Å². The second kappa shape index (κ2) is 7.25. The normalized spacial score (nSPS) is 20.5. The molecule has 1 atom stereocenters. The molecule has 0 amide bonds. The van der Waals surface area contributed by atoms with Crippen LogP contribution in [-0.2, 0) is 13.2 Å². The van der Waals surface area contributed by atoms with Gasteiger partial charge < -0.3 is 10.2 Å². The molecule has 0 spiro atoms. The zero-order valence-corrected chi connectivity index (χ0v) is 16.1. The highest BCUT2D eigenvalue weighted by molar-refractivity contribution is 5.61. The molecule has 4 rings (SSSR count). The van der Waals surface area contributed by atoms with Crippen molar-refractivity contribution in [1.82, 2.24) is 20.2 Å². The molecule has 0 saturated heterocycles. The van der Waals surface area contributed by atoms with Gasteiger partial charge in [-0.15, -0.1) is 5.10 Å². The monoisotopic (exact) mass is 394 g/mol. The van der Waals surface area contributed by atoms with Gasteiger partial charge in [0.15, 0.2) is 0 Å². The highest BCUT2D eigenvalue weighted by Gasteiger charge is 2.36. The van der Waals surface area contributed by atoms with Crippen molar-refractivity contribution >= 4 is 11.6 Å². The van der Waals surface area contributed by atoms with E-state index in [-0.39, 0.29) is 11.6 Å². The Morgan fingerprint density at radius 1 is 1.18 bits per heavy atom. The van der Waals surface area contributed by atoms with E-state index in [1.165, 1.54) is 24.2 Å². The number of fused-ring (bicyclic) bond motifs is 1. The van der Waals surface area contributed by atoms with Gasteiger partial charge in [0, 0.05) is 18.8 Å². The molecule has 6 nitrogen and oxygen atoms in total. The average Bonchev–Trinajstić information content (AvgIpc) is 2.91. The summed E-state index contributed by atoms with van der Waals surface area (Å²) in [7, 11) is 1.68. The first-order valence-corrected chi connectivity index (χ1v) is 9.78. The summed E-state index contributed by atoms with van der Waals surface area (Å²) < 4.78 is 40.7. The molecule has 1 aromatic carbocycles. The topological polar surface area (TPSA) is 58.9 Å². The van der Waals surface area contributed by atoms with Crippen molar-refractivity contribution in [2.45, 2.75) is 51.2 Å². The van der Waals surface area contributed by atoms with Gasteiger partial charge in [-0.2, -0.15) is 18.0 Å². The summed E-state index contributed by atoms with van der Waals surface area (Å²) in [4.78, 5) is 3.51. The molecule has 2 aromatic rings. The van der Waals surface area contributed by atoms with Gasteiger partial charge in [-0.3, -0.25) is 0 Å². The van der Waals surface area contributed by atoms with Gasteiger partial charge in [-0.05, 0) is 60.9 Å². The maximum Gasteiger partial charge on any atom is 0.416 e. The Bertz CT molecular complexity index is 843. The predicted octanol–water partition coefficient (Wildman–Crippen LogP) is 4.09. The molecule has 1 fully saturated rings. The number of nitrogens with zero attached hydrogens (tertiary/aromatic N) is 5. The van der Waals surface area contributed by atoms with E-state index in [4.69, 9.17) is 0 Å². The van der Waals surface area contributed by atoms with Crippen LogP contribution in [0, 0.1) is 12.8 Å². The van der Waals surface area contributed by atoms with E-state index in [9.17, 15) is 13.2 Å². The summed E-state index contributed by atoms with van der Waals surface area (Å²) in [6.45, 7) is 3.11. The molecular formula is C19H25F3N6. The smallest absolute Gasteiger partial charge is 0.371 e. The number of halogens is 3. The van der Waals surface area contributed by atoms with Crippen LogP contribution >= 0.6 is 0 Å². The van der Waals surface area contributed by atoms with Crippen molar-refractivity contribution < 1.29 is 13.2 Å². The molecule has 1 saturated carbocycles. The minimum atomic E-state index is -4.36. The van der Waals surface area contributed by atoms with Gasteiger partial charge in [0.05, 0.1) is 18.7 Å². The van der Waals surface area contributed by atoms with Gasteiger partial charge in [0.1, 0.15) is 0 Å². The van der Waals surface area contributed by atoms with Gasteiger partial charge in [0.2, 0.25) is 0 Å². The SMILES string of the molecule is Cc1cc2c(cc1C(F)(F)F)N(CC1CCC1)CCCC2Nc1nnn(C)n1. The Hall–Kier alpha value is -2.32. The standard InChI is InChI=1S/C19H25F3N6/c1-12-9-14-16(23-18-24-26-27(2)25-18)7-4-8-28(11-13-5-3-6-13)17(14)10-15(12)19(20,21)22/h9-10,13,16H,3-8,11H2,1-2H3,(H,23,25). The van der Waals surface area contributed by atoms with Gasteiger partial charge >= 0.3 is 6.18 Å². The minimum Gasteiger partial charge on any atom is -0.371 e. The Morgan fingerprint density at radius 2 is 1.96 bits per heavy atom. The third kappa shape index (κ3) is 3.79. The van der Waals surface area contributed by atoms with Crippen LogP contribution < -0.4 is 10.2 Å². The van der Waals surface area contributed by atoms with Crippen LogP contribution in [0.25, 0.3) is 0 Å². The predicted molar refractivity (Wildman–Crippen MR) is 100 cm³/mol. The highest BCUT2D eigenvalue weighted by Crippen LogP contribution is 2.42. The van der Waals surface area contributed by atoms with Crippen LogP contribution in [0.3, 0.4) is 0 Å². The lowest BCUT2D eigenvalue weighted by Crippen LogP contribution is -2.33. The molecule has 28 heavy (non-hydrogen) atoms. The molecular weight excluding hydrogens is 369 g/mol. The Labute approximate surface area is 162 Å². The number of alkyl halides is 3. The van der Waals surface area contributed by atoms with E-state index in [0.717, 1.165) is 44.3 Å².